The van der Waals surface area contributed by atoms with E-state index in [0.29, 0.717) is 17.6 Å². The molecule has 0 bridgehead atoms. The number of halogens is 4. The summed E-state index contributed by atoms with van der Waals surface area (Å²) >= 11 is 7.47. The van der Waals surface area contributed by atoms with Crippen LogP contribution in [0.1, 0.15) is 74.2 Å². The highest BCUT2D eigenvalue weighted by Gasteiger charge is 2.24. The zero-order valence-electron chi connectivity index (χ0n) is 19.3. The number of rotatable bonds is 12. The van der Waals surface area contributed by atoms with Crippen LogP contribution in [0.3, 0.4) is 0 Å². The van der Waals surface area contributed by atoms with Crippen molar-refractivity contribution >= 4 is 37.6 Å². The Morgan fingerprint density at radius 1 is 0.656 bits per heavy atom. The fraction of sp³-hybridized carbons (Fsp3) is 0.519. The van der Waals surface area contributed by atoms with Crippen LogP contribution in [-0.4, -0.2) is 5.78 Å². The van der Waals surface area contributed by atoms with Crippen LogP contribution in [0.15, 0.2) is 48.5 Å². The van der Waals surface area contributed by atoms with Crippen molar-refractivity contribution in [2.75, 3.05) is 0 Å². The Hall–Kier alpha value is -1.07. The van der Waals surface area contributed by atoms with E-state index in [1.54, 1.807) is 0 Å². The van der Waals surface area contributed by atoms with Crippen molar-refractivity contribution < 1.29 is 13.6 Å². The van der Waals surface area contributed by atoms with E-state index < -0.39 is 0 Å². The van der Waals surface area contributed by atoms with Crippen molar-refractivity contribution in [3.63, 3.8) is 0 Å². The van der Waals surface area contributed by atoms with Gasteiger partial charge >= 0.3 is 0 Å². The van der Waals surface area contributed by atoms with Gasteiger partial charge in [0.25, 0.3) is 0 Å². The van der Waals surface area contributed by atoms with Crippen molar-refractivity contribution in [2.24, 2.45) is 23.7 Å². The van der Waals surface area contributed by atoms with Crippen molar-refractivity contribution in [1.29, 1.82) is 0 Å². The highest BCUT2D eigenvalue weighted by molar-refractivity contribution is 9.09. The third-order valence-electron chi connectivity index (χ3n) is 6.46. The van der Waals surface area contributed by atoms with Crippen molar-refractivity contribution in [3.05, 3.63) is 71.3 Å². The van der Waals surface area contributed by atoms with Gasteiger partial charge in [0, 0.05) is 21.5 Å². The summed E-state index contributed by atoms with van der Waals surface area (Å²) in [5.41, 5.74) is 2.12. The number of ketones is 1. The maximum Gasteiger partial charge on any atom is 0.138 e. The summed E-state index contributed by atoms with van der Waals surface area (Å²) in [6.45, 7) is 8.39. The van der Waals surface area contributed by atoms with E-state index in [1.165, 1.54) is 24.3 Å². The molecule has 2 aromatic carbocycles. The second-order valence-electron chi connectivity index (χ2n) is 9.22. The van der Waals surface area contributed by atoms with Crippen LogP contribution < -0.4 is 0 Å². The molecule has 2 rings (SSSR count). The van der Waals surface area contributed by atoms with Gasteiger partial charge < -0.3 is 0 Å². The van der Waals surface area contributed by atoms with Gasteiger partial charge in [-0.15, -0.1) is 0 Å². The number of carbonyl (C=O) groups excluding carboxylic acids is 1. The molecule has 6 unspecified atom stereocenters. The third-order valence-corrected chi connectivity index (χ3v) is 9.32. The lowest BCUT2D eigenvalue weighted by Crippen LogP contribution is -2.21. The summed E-state index contributed by atoms with van der Waals surface area (Å²) in [6.07, 6.45) is 3.55. The van der Waals surface area contributed by atoms with Gasteiger partial charge in [-0.2, -0.15) is 0 Å². The summed E-state index contributed by atoms with van der Waals surface area (Å²) in [5, 5.41) is 0. The molecule has 0 saturated carbocycles. The maximum absolute atomic E-state index is 13.2. The summed E-state index contributed by atoms with van der Waals surface area (Å²) in [6, 6.07) is 13.2. The molecule has 0 aliphatic heterocycles. The van der Waals surface area contributed by atoms with Crippen molar-refractivity contribution in [3.8, 4) is 0 Å². The van der Waals surface area contributed by atoms with E-state index in [0.717, 1.165) is 36.8 Å². The predicted molar refractivity (Wildman–Crippen MR) is 136 cm³/mol. The molecular formula is C27H34Br2F2O. The molecule has 0 aliphatic rings. The molecule has 0 aliphatic carbocycles. The van der Waals surface area contributed by atoms with E-state index >= 15 is 0 Å². The zero-order valence-corrected chi connectivity index (χ0v) is 22.5. The number of hydrogen-bond acceptors (Lipinski definition) is 1. The van der Waals surface area contributed by atoms with Crippen molar-refractivity contribution in [2.45, 2.75) is 63.0 Å². The molecule has 0 spiro atoms. The Labute approximate surface area is 208 Å². The van der Waals surface area contributed by atoms with Gasteiger partial charge in [-0.1, -0.05) is 83.8 Å². The van der Waals surface area contributed by atoms with Gasteiger partial charge in [-0.3, -0.25) is 4.79 Å². The summed E-state index contributed by atoms with van der Waals surface area (Å²) in [5.74, 6) is 0.595. The fourth-order valence-electron chi connectivity index (χ4n) is 4.04. The van der Waals surface area contributed by atoms with Gasteiger partial charge in [0.2, 0.25) is 0 Å². The van der Waals surface area contributed by atoms with Crippen LogP contribution in [-0.2, 0) is 4.79 Å². The van der Waals surface area contributed by atoms with Crippen LogP contribution in [0.25, 0.3) is 0 Å². The van der Waals surface area contributed by atoms with E-state index in [2.05, 4.69) is 45.7 Å². The number of Topliss-reactive ketones (excluding diaryl/α,β-unsaturated/α-hetero) is 1. The molecule has 2 aromatic rings. The van der Waals surface area contributed by atoms with Gasteiger partial charge in [0.1, 0.15) is 17.4 Å². The van der Waals surface area contributed by atoms with Gasteiger partial charge in [-0.05, 0) is 72.9 Å². The second kappa shape index (κ2) is 13.0. The third kappa shape index (κ3) is 8.06. The normalized spacial score (nSPS) is 17.2. The predicted octanol–water partition coefficient (Wildman–Crippen LogP) is 9.21. The first kappa shape index (κ1) is 27.2. The molecule has 0 N–H and O–H groups in total. The largest absolute Gasteiger partial charge is 0.299 e. The summed E-state index contributed by atoms with van der Waals surface area (Å²) in [4.78, 5) is 13.2. The first-order valence-electron chi connectivity index (χ1n) is 11.4. The second-order valence-corrected chi connectivity index (χ2v) is 11.2. The van der Waals surface area contributed by atoms with Gasteiger partial charge in [-0.25, -0.2) is 8.78 Å². The number of benzene rings is 2. The van der Waals surface area contributed by atoms with Crippen LogP contribution in [0.2, 0.25) is 0 Å². The highest BCUT2D eigenvalue weighted by Crippen LogP contribution is 2.36. The minimum atomic E-state index is -0.229. The fourth-order valence-corrected chi connectivity index (χ4v) is 5.18. The lowest BCUT2D eigenvalue weighted by atomic mass is 9.84. The Morgan fingerprint density at radius 3 is 1.28 bits per heavy atom. The molecule has 32 heavy (non-hydrogen) atoms. The minimum Gasteiger partial charge on any atom is -0.299 e. The van der Waals surface area contributed by atoms with E-state index in [9.17, 15) is 13.6 Å². The quantitative estimate of drug-likeness (QED) is 0.232. The van der Waals surface area contributed by atoms with Crippen LogP contribution in [0, 0.1) is 35.3 Å². The Kier molecular flexibility index (Phi) is 11.0. The van der Waals surface area contributed by atoms with Crippen LogP contribution in [0.5, 0.6) is 0 Å². The molecule has 5 heteroatoms. The summed E-state index contributed by atoms with van der Waals surface area (Å²) in [7, 11) is 0. The minimum absolute atomic E-state index is 0.0209. The summed E-state index contributed by atoms with van der Waals surface area (Å²) < 4.78 is 26.3. The van der Waals surface area contributed by atoms with Crippen LogP contribution in [0.4, 0.5) is 8.78 Å². The molecule has 176 valence electrons. The monoisotopic (exact) mass is 570 g/mol. The number of hydrogen-bond donors (Lipinski definition) is 0. The first-order valence-corrected chi connectivity index (χ1v) is 13.3. The average molecular weight is 572 g/mol. The van der Waals surface area contributed by atoms with Gasteiger partial charge in [0.05, 0.1) is 0 Å². The molecule has 0 saturated heterocycles. The smallest absolute Gasteiger partial charge is 0.138 e. The molecular weight excluding hydrogens is 538 g/mol. The SMILES string of the molecule is CC(CCC(C)C(Br)c1ccc(F)cc1)C(=O)C(C)CCC(C)C(Br)c1ccc(F)cc1. The molecule has 0 aromatic heterocycles. The Balaban J connectivity index is 1.78. The topological polar surface area (TPSA) is 17.1 Å². The maximum atomic E-state index is 13.2. The standard InChI is InChI=1S/C27H34Br2F2O/c1-17(25(28)21-9-13-23(30)14-10-21)5-7-19(3)27(32)20(4)8-6-18(2)26(29)22-11-15-24(31)16-12-22/h9-20,25-26H,5-8H2,1-4H3. The Morgan fingerprint density at radius 2 is 0.969 bits per heavy atom. The van der Waals surface area contributed by atoms with Crippen molar-refractivity contribution in [1.82, 2.24) is 0 Å². The van der Waals surface area contributed by atoms with Gasteiger partial charge in [0.15, 0.2) is 0 Å². The molecule has 0 heterocycles. The van der Waals surface area contributed by atoms with E-state index in [1.807, 2.05) is 38.1 Å². The molecule has 0 fully saturated rings. The highest BCUT2D eigenvalue weighted by atomic mass is 79.9. The molecule has 6 atom stereocenters. The lowest BCUT2D eigenvalue weighted by Gasteiger charge is -2.23. The van der Waals surface area contributed by atoms with E-state index in [4.69, 9.17) is 0 Å². The molecule has 0 amide bonds. The first-order chi connectivity index (χ1) is 15.1. The van der Waals surface area contributed by atoms with Crippen LogP contribution >= 0.6 is 31.9 Å². The van der Waals surface area contributed by atoms with E-state index in [-0.39, 0.29) is 33.1 Å². The Bertz CT molecular complexity index is 768. The molecule has 0 radical (unpaired) electrons. The average Bonchev–Trinajstić information content (AvgIpc) is 2.79. The number of carbonyl (C=O) groups is 1. The molecule has 1 nitrogen and oxygen atoms in total. The lowest BCUT2D eigenvalue weighted by molar-refractivity contribution is -0.126. The number of alkyl halides is 2. The zero-order chi connectivity index (χ0) is 23.8.